The van der Waals surface area contributed by atoms with E-state index in [1.54, 1.807) is 19.3 Å². The molecule has 0 fully saturated rings. The lowest BCUT2D eigenvalue weighted by Gasteiger charge is -2.07. The van der Waals surface area contributed by atoms with Crippen molar-refractivity contribution in [2.75, 3.05) is 0 Å². The molecule has 7 heteroatoms. The van der Waals surface area contributed by atoms with Crippen molar-refractivity contribution in [3.05, 3.63) is 47.3 Å². The van der Waals surface area contributed by atoms with E-state index < -0.39 is 28.9 Å². The van der Waals surface area contributed by atoms with Crippen LogP contribution in [0.15, 0.2) is 24.4 Å². The number of nitrogens with zero attached hydrogens (tertiary/aromatic N) is 2. The van der Waals surface area contributed by atoms with Gasteiger partial charge in [0, 0.05) is 13.2 Å². The van der Waals surface area contributed by atoms with Crippen molar-refractivity contribution in [1.29, 1.82) is 0 Å². The Morgan fingerprint density at radius 2 is 2.05 bits per heavy atom. The Morgan fingerprint density at radius 1 is 1.42 bits per heavy atom. The fourth-order valence-electron chi connectivity index (χ4n) is 1.51. The molecule has 0 amide bonds. The number of benzene rings is 1. The number of rotatable bonds is 4. The zero-order valence-corrected chi connectivity index (χ0v) is 9.93. The highest BCUT2D eigenvalue weighted by atomic mass is 19.1. The van der Waals surface area contributed by atoms with E-state index in [1.165, 1.54) is 4.68 Å². The average Bonchev–Trinajstić information content (AvgIpc) is 2.73. The van der Waals surface area contributed by atoms with Crippen molar-refractivity contribution in [2.24, 2.45) is 7.05 Å². The van der Waals surface area contributed by atoms with Crippen LogP contribution in [0.25, 0.3) is 0 Å². The average molecular weight is 268 g/mol. The molecule has 0 saturated heterocycles. The molecule has 1 aromatic carbocycles. The highest BCUT2D eigenvalue weighted by Crippen LogP contribution is 2.24. The Labute approximate surface area is 107 Å². The van der Waals surface area contributed by atoms with Gasteiger partial charge in [0.2, 0.25) is 0 Å². The molecule has 0 unspecified atom stereocenters. The van der Waals surface area contributed by atoms with Crippen molar-refractivity contribution >= 4 is 5.97 Å². The lowest BCUT2D eigenvalue weighted by molar-refractivity contribution is 0.0695. The van der Waals surface area contributed by atoms with Crippen molar-refractivity contribution in [2.45, 2.75) is 6.61 Å². The molecule has 1 aromatic heterocycles. The first kappa shape index (κ1) is 13.0. The maximum Gasteiger partial charge on any atom is 0.335 e. The summed E-state index contributed by atoms with van der Waals surface area (Å²) in [5, 5.41) is 12.6. The number of aromatic nitrogens is 2. The van der Waals surface area contributed by atoms with Gasteiger partial charge in [0.1, 0.15) is 6.61 Å². The molecule has 0 saturated carbocycles. The maximum atomic E-state index is 13.5. The van der Waals surface area contributed by atoms with Crippen molar-refractivity contribution in [3.63, 3.8) is 0 Å². The number of hydrogen-bond acceptors (Lipinski definition) is 3. The van der Waals surface area contributed by atoms with Crippen LogP contribution in [-0.2, 0) is 13.7 Å². The first-order valence-corrected chi connectivity index (χ1v) is 5.31. The summed E-state index contributed by atoms with van der Waals surface area (Å²) in [6, 6.07) is 3.06. The Kier molecular flexibility index (Phi) is 3.46. The molecule has 2 rings (SSSR count). The number of ether oxygens (including phenoxy) is 1. The Hall–Kier alpha value is -2.44. The van der Waals surface area contributed by atoms with Crippen LogP contribution >= 0.6 is 0 Å². The molecule has 0 spiro atoms. The van der Waals surface area contributed by atoms with E-state index in [-0.39, 0.29) is 6.61 Å². The van der Waals surface area contributed by atoms with Crippen LogP contribution in [0.1, 0.15) is 16.1 Å². The molecule has 2 aromatic rings. The topological polar surface area (TPSA) is 64.3 Å². The summed E-state index contributed by atoms with van der Waals surface area (Å²) in [5.74, 6) is -4.15. The number of hydrogen-bond donors (Lipinski definition) is 1. The Bertz CT molecular complexity index is 602. The molecule has 0 atom stereocenters. The molecule has 0 radical (unpaired) electrons. The summed E-state index contributed by atoms with van der Waals surface area (Å²) in [6.45, 7) is -0.110. The number of carbonyl (C=O) groups is 1. The molecule has 1 heterocycles. The quantitative estimate of drug-likeness (QED) is 0.920. The third-order valence-electron chi connectivity index (χ3n) is 2.38. The van der Waals surface area contributed by atoms with Crippen LogP contribution in [0.2, 0.25) is 0 Å². The second kappa shape index (κ2) is 5.05. The van der Waals surface area contributed by atoms with E-state index in [4.69, 9.17) is 9.84 Å². The SMILES string of the molecule is Cn1ccc(COc2c(F)cc(C(=O)O)cc2F)n1. The zero-order valence-electron chi connectivity index (χ0n) is 9.93. The standard InChI is InChI=1S/C12H10F2N2O3/c1-16-3-2-8(15-16)6-19-11-9(13)4-7(12(17)18)5-10(11)14/h2-5H,6H2,1H3,(H,17,18). The third kappa shape index (κ3) is 2.87. The second-order valence-corrected chi connectivity index (χ2v) is 3.84. The van der Waals surface area contributed by atoms with Gasteiger partial charge in [-0.2, -0.15) is 5.10 Å². The number of aromatic carboxylic acids is 1. The van der Waals surface area contributed by atoms with Crippen LogP contribution in [0.3, 0.4) is 0 Å². The fourth-order valence-corrected chi connectivity index (χ4v) is 1.51. The van der Waals surface area contributed by atoms with Crippen molar-refractivity contribution < 1.29 is 23.4 Å². The van der Waals surface area contributed by atoms with E-state index in [0.717, 1.165) is 0 Å². The predicted octanol–water partition coefficient (Wildman–Crippen LogP) is 1.98. The van der Waals surface area contributed by atoms with E-state index in [0.29, 0.717) is 17.8 Å². The molecule has 100 valence electrons. The van der Waals surface area contributed by atoms with E-state index >= 15 is 0 Å². The minimum Gasteiger partial charge on any atom is -0.481 e. The first-order valence-electron chi connectivity index (χ1n) is 5.31. The fraction of sp³-hybridized carbons (Fsp3) is 0.167. The van der Waals surface area contributed by atoms with Gasteiger partial charge in [-0.1, -0.05) is 0 Å². The molecule has 0 bridgehead atoms. The van der Waals surface area contributed by atoms with Gasteiger partial charge in [0.15, 0.2) is 17.4 Å². The van der Waals surface area contributed by atoms with Gasteiger partial charge in [-0.3, -0.25) is 4.68 Å². The second-order valence-electron chi connectivity index (χ2n) is 3.84. The molecule has 0 aliphatic rings. The number of carboxylic acids is 1. The minimum absolute atomic E-state index is 0.110. The zero-order chi connectivity index (χ0) is 14.0. The predicted molar refractivity (Wildman–Crippen MR) is 60.9 cm³/mol. The lowest BCUT2D eigenvalue weighted by Crippen LogP contribution is -2.04. The summed E-state index contributed by atoms with van der Waals surface area (Å²) in [5.41, 5.74) is 0.0313. The molecule has 0 aliphatic carbocycles. The summed E-state index contributed by atoms with van der Waals surface area (Å²) >= 11 is 0. The van der Waals surface area contributed by atoms with Crippen LogP contribution in [0, 0.1) is 11.6 Å². The van der Waals surface area contributed by atoms with Crippen LogP contribution < -0.4 is 4.74 Å². The van der Waals surface area contributed by atoms with Gasteiger partial charge in [-0.15, -0.1) is 0 Å². The van der Waals surface area contributed by atoms with E-state index in [1.807, 2.05) is 0 Å². The number of carboxylic acid groups (broad SMARTS) is 1. The number of aryl methyl sites for hydroxylation is 1. The molecular weight excluding hydrogens is 258 g/mol. The van der Waals surface area contributed by atoms with Gasteiger partial charge in [0.25, 0.3) is 0 Å². The van der Waals surface area contributed by atoms with Gasteiger partial charge in [-0.25, -0.2) is 13.6 Å². The lowest BCUT2D eigenvalue weighted by atomic mass is 10.2. The highest BCUT2D eigenvalue weighted by molar-refractivity contribution is 5.87. The molecule has 5 nitrogen and oxygen atoms in total. The van der Waals surface area contributed by atoms with Gasteiger partial charge < -0.3 is 9.84 Å². The monoisotopic (exact) mass is 268 g/mol. The molecule has 19 heavy (non-hydrogen) atoms. The summed E-state index contributed by atoms with van der Waals surface area (Å²) in [6.07, 6.45) is 1.67. The third-order valence-corrected chi connectivity index (χ3v) is 2.38. The van der Waals surface area contributed by atoms with Crippen LogP contribution in [0.5, 0.6) is 5.75 Å². The van der Waals surface area contributed by atoms with Crippen LogP contribution in [0.4, 0.5) is 8.78 Å². The van der Waals surface area contributed by atoms with Gasteiger partial charge >= 0.3 is 5.97 Å². The maximum absolute atomic E-state index is 13.5. The van der Waals surface area contributed by atoms with Crippen molar-refractivity contribution in [1.82, 2.24) is 9.78 Å². The minimum atomic E-state index is -1.41. The van der Waals surface area contributed by atoms with Crippen LogP contribution in [-0.4, -0.2) is 20.9 Å². The molecule has 1 N–H and O–H groups in total. The Morgan fingerprint density at radius 3 is 2.53 bits per heavy atom. The molecular formula is C12H10F2N2O3. The summed E-state index contributed by atoms with van der Waals surface area (Å²) in [7, 11) is 1.70. The Balaban J connectivity index is 2.18. The first-order chi connectivity index (χ1) is 8.97. The molecule has 0 aliphatic heterocycles. The van der Waals surface area contributed by atoms with Gasteiger partial charge in [-0.05, 0) is 18.2 Å². The smallest absolute Gasteiger partial charge is 0.335 e. The van der Waals surface area contributed by atoms with E-state index in [2.05, 4.69) is 5.10 Å². The van der Waals surface area contributed by atoms with Gasteiger partial charge in [0.05, 0.1) is 11.3 Å². The van der Waals surface area contributed by atoms with E-state index in [9.17, 15) is 13.6 Å². The largest absolute Gasteiger partial charge is 0.481 e. The normalized spacial score (nSPS) is 10.5. The van der Waals surface area contributed by atoms with Crippen molar-refractivity contribution in [3.8, 4) is 5.75 Å². The summed E-state index contributed by atoms with van der Waals surface area (Å²) in [4.78, 5) is 10.6. The number of halogens is 2. The highest BCUT2D eigenvalue weighted by Gasteiger charge is 2.16. The summed E-state index contributed by atoms with van der Waals surface area (Å²) < 4.78 is 33.6.